The lowest BCUT2D eigenvalue weighted by Crippen LogP contribution is -2.38. The fourth-order valence-corrected chi connectivity index (χ4v) is 5.10. The second-order valence-corrected chi connectivity index (χ2v) is 9.28. The number of carboxylic acids is 1. The number of hydrogen-bond donors (Lipinski definition) is 1. The Morgan fingerprint density at radius 3 is 2.24 bits per heavy atom. The SMILES string of the molecule is CCCCCCCCCCC1=CCC(C2CCC(CC(F)F)(C(=O)O)CC2)C=C1. The zero-order valence-corrected chi connectivity index (χ0v) is 18.2. The molecule has 1 N–H and O–H groups in total. The van der Waals surface area contributed by atoms with Crippen molar-refractivity contribution in [2.75, 3.05) is 0 Å². The second kappa shape index (κ2) is 12.5. The van der Waals surface area contributed by atoms with Crippen LogP contribution in [-0.4, -0.2) is 17.5 Å². The predicted molar refractivity (Wildman–Crippen MR) is 115 cm³/mol. The van der Waals surface area contributed by atoms with Crippen LogP contribution in [0, 0.1) is 17.3 Å². The monoisotopic (exact) mass is 410 g/mol. The minimum Gasteiger partial charge on any atom is -0.481 e. The Balaban J connectivity index is 1.66. The normalized spacial score (nSPS) is 27.2. The lowest BCUT2D eigenvalue weighted by molar-refractivity contribution is -0.155. The summed E-state index contributed by atoms with van der Waals surface area (Å²) in [6.45, 7) is 2.25. The van der Waals surface area contributed by atoms with Crippen LogP contribution in [0.25, 0.3) is 0 Å². The first-order chi connectivity index (χ1) is 14.0. The molecule has 2 aliphatic rings. The number of unbranched alkanes of at least 4 members (excludes halogenated alkanes) is 7. The van der Waals surface area contributed by atoms with Crippen molar-refractivity contribution in [2.24, 2.45) is 17.3 Å². The largest absolute Gasteiger partial charge is 0.481 e. The van der Waals surface area contributed by atoms with Gasteiger partial charge in [-0.15, -0.1) is 0 Å². The van der Waals surface area contributed by atoms with Crippen LogP contribution in [0.3, 0.4) is 0 Å². The van der Waals surface area contributed by atoms with Crippen LogP contribution < -0.4 is 0 Å². The summed E-state index contributed by atoms with van der Waals surface area (Å²) in [4.78, 5) is 11.6. The van der Waals surface area contributed by atoms with E-state index in [9.17, 15) is 18.7 Å². The summed E-state index contributed by atoms with van der Waals surface area (Å²) in [6.07, 6.45) is 19.0. The van der Waals surface area contributed by atoms with Crippen molar-refractivity contribution < 1.29 is 18.7 Å². The highest BCUT2D eigenvalue weighted by Gasteiger charge is 2.44. The number of hydrogen-bond acceptors (Lipinski definition) is 1. The molecule has 0 spiro atoms. The van der Waals surface area contributed by atoms with Crippen molar-refractivity contribution in [3.05, 3.63) is 23.8 Å². The quantitative estimate of drug-likeness (QED) is 0.313. The topological polar surface area (TPSA) is 37.3 Å². The second-order valence-electron chi connectivity index (χ2n) is 9.28. The summed E-state index contributed by atoms with van der Waals surface area (Å²) >= 11 is 0. The molecule has 0 radical (unpaired) electrons. The maximum absolute atomic E-state index is 12.9. The average Bonchev–Trinajstić information content (AvgIpc) is 2.70. The molecule has 4 heteroatoms. The van der Waals surface area contributed by atoms with Gasteiger partial charge in [0.25, 0.3) is 0 Å². The Bertz CT molecular complexity index is 545. The van der Waals surface area contributed by atoms with Crippen LogP contribution in [0.15, 0.2) is 23.8 Å². The maximum atomic E-state index is 12.9. The molecule has 0 aromatic carbocycles. The molecule has 0 amide bonds. The Hall–Kier alpha value is -1.19. The molecule has 0 aliphatic heterocycles. The van der Waals surface area contributed by atoms with Gasteiger partial charge in [0.15, 0.2) is 0 Å². The van der Waals surface area contributed by atoms with Gasteiger partial charge in [-0.2, -0.15) is 0 Å². The molecule has 1 atom stereocenters. The highest BCUT2D eigenvalue weighted by atomic mass is 19.3. The van der Waals surface area contributed by atoms with Gasteiger partial charge in [-0.05, 0) is 56.8 Å². The standard InChI is InChI=1S/C25H40F2O2/c1-2-3-4-5-6-7-8-9-10-20-11-13-21(14-12-20)22-15-17-25(18-16-22,24(28)29)19-23(26)27/h11-13,21-23H,2-10,14-19H2,1H3,(H,28,29). The molecule has 0 saturated heterocycles. The molecular formula is C25H40F2O2. The van der Waals surface area contributed by atoms with E-state index in [1.165, 1.54) is 56.9 Å². The zero-order valence-electron chi connectivity index (χ0n) is 18.2. The molecule has 0 aromatic rings. The van der Waals surface area contributed by atoms with E-state index < -0.39 is 24.2 Å². The van der Waals surface area contributed by atoms with Crippen molar-refractivity contribution in [3.63, 3.8) is 0 Å². The lowest BCUT2D eigenvalue weighted by Gasteiger charge is -2.39. The molecule has 1 unspecified atom stereocenters. The van der Waals surface area contributed by atoms with E-state index >= 15 is 0 Å². The molecular weight excluding hydrogens is 370 g/mol. The Morgan fingerprint density at radius 1 is 1.10 bits per heavy atom. The van der Waals surface area contributed by atoms with Gasteiger partial charge < -0.3 is 5.11 Å². The first-order valence-corrected chi connectivity index (χ1v) is 11.9. The van der Waals surface area contributed by atoms with Gasteiger partial charge in [0.05, 0.1) is 5.41 Å². The van der Waals surface area contributed by atoms with Crippen molar-refractivity contribution in [1.29, 1.82) is 0 Å². The molecule has 2 aliphatic carbocycles. The summed E-state index contributed by atoms with van der Waals surface area (Å²) in [5.74, 6) is -0.170. The van der Waals surface area contributed by atoms with E-state index in [0.717, 1.165) is 25.7 Å². The molecule has 0 bridgehead atoms. The van der Waals surface area contributed by atoms with Gasteiger partial charge in [-0.3, -0.25) is 4.79 Å². The van der Waals surface area contributed by atoms with Crippen molar-refractivity contribution >= 4 is 5.97 Å². The van der Waals surface area contributed by atoms with Crippen LogP contribution in [0.4, 0.5) is 8.78 Å². The van der Waals surface area contributed by atoms with Crippen molar-refractivity contribution in [2.45, 2.75) is 110 Å². The number of alkyl halides is 2. The Morgan fingerprint density at radius 2 is 1.72 bits per heavy atom. The van der Waals surface area contributed by atoms with E-state index in [1.807, 2.05) is 0 Å². The highest BCUT2D eigenvalue weighted by Crippen LogP contribution is 2.46. The summed E-state index contributed by atoms with van der Waals surface area (Å²) in [5, 5.41) is 9.49. The van der Waals surface area contributed by atoms with Crippen LogP contribution in [0.5, 0.6) is 0 Å². The number of carboxylic acid groups (broad SMARTS) is 1. The number of carbonyl (C=O) groups is 1. The predicted octanol–water partition coefficient (Wildman–Crippen LogP) is 7.94. The Labute approximate surface area is 175 Å². The van der Waals surface area contributed by atoms with E-state index in [0.29, 0.717) is 24.7 Å². The molecule has 2 rings (SSSR count). The van der Waals surface area contributed by atoms with Crippen LogP contribution in [0.1, 0.15) is 103 Å². The van der Waals surface area contributed by atoms with Gasteiger partial charge >= 0.3 is 5.97 Å². The van der Waals surface area contributed by atoms with Gasteiger partial charge in [0.1, 0.15) is 0 Å². The summed E-state index contributed by atoms with van der Waals surface area (Å²) in [6, 6.07) is 0. The van der Waals surface area contributed by atoms with Crippen molar-refractivity contribution in [3.8, 4) is 0 Å². The number of rotatable bonds is 13. The molecule has 166 valence electrons. The smallest absolute Gasteiger partial charge is 0.309 e. The van der Waals surface area contributed by atoms with Gasteiger partial charge in [0.2, 0.25) is 6.43 Å². The highest BCUT2D eigenvalue weighted by molar-refractivity contribution is 5.74. The first kappa shape index (κ1) is 24.1. The third-order valence-electron chi connectivity index (χ3n) is 7.12. The first-order valence-electron chi connectivity index (χ1n) is 11.9. The number of allylic oxidation sites excluding steroid dienone is 4. The minimum absolute atomic E-state index is 0.385. The zero-order chi connectivity index (χ0) is 21.1. The van der Waals surface area contributed by atoms with E-state index in [-0.39, 0.29) is 0 Å². The van der Waals surface area contributed by atoms with Gasteiger partial charge in [-0.1, -0.05) is 75.7 Å². The van der Waals surface area contributed by atoms with Crippen LogP contribution in [-0.2, 0) is 4.79 Å². The Kier molecular flexibility index (Phi) is 10.4. The number of halogens is 2. The summed E-state index contributed by atoms with van der Waals surface area (Å²) < 4.78 is 25.7. The maximum Gasteiger partial charge on any atom is 0.309 e. The van der Waals surface area contributed by atoms with Gasteiger partial charge in [-0.25, -0.2) is 8.78 Å². The fourth-order valence-electron chi connectivity index (χ4n) is 5.10. The van der Waals surface area contributed by atoms with Crippen LogP contribution >= 0.6 is 0 Å². The van der Waals surface area contributed by atoms with E-state index in [4.69, 9.17) is 0 Å². The fraction of sp³-hybridized carbons (Fsp3) is 0.800. The van der Waals surface area contributed by atoms with Gasteiger partial charge in [0, 0.05) is 6.42 Å². The molecule has 29 heavy (non-hydrogen) atoms. The lowest BCUT2D eigenvalue weighted by atomic mass is 9.65. The minimum atomic E-state index is -2.54. The van der Waals surface area contributed by atoms with Crippen LogP contribution in [0.2, 0.25) is 0 Å². The van der Waals surface area contributed by atoms with E-state index in [2.05, 4.69) is 25.2 Å². The molecule has 0 aromatic heterocycles. The molecule has 1 fully saturated rings. The number of aliphatic carboxylic acids is 1. The van der Waals surface area contributed by atoms with E-state index in [1.54, 1.807) is 0 Å². The summed E-state index contributed by atoms with van der Waals surface area (Å²) in [7, 11) is 0. The summed E-state index contributed by atoms with van der Waals surface area (Å²) in [5.41, 5.74) is 0.223. The van der Waals surface area contributed by atoms with Crippen molar-refractivity contribution in [1.82, 2.24) is 0 Å². The third-order valence-corrected chi connectivity index (χ3v) is 7.12. The molecule has 0 heterocycles. The molecule has 1 saturated carbocycles. The third kappa shape index (κ3) is 7.86. The molecule has 2 nitrogen and oxygen atoms in total. The average molecular weight is 411 g/mol.